The number of ether oxygens (including phenoxy) is 2. The number of benzene rings is 2. The van der Waals surface area contributed by atoms with Gasteiger partial charge in [-0.25, -0.2) is 0 Å². The number of carbonyl (C=O) groups is 1. The fourth-order valence-electron chi connectivity index (χ4n) is 2.15. The number of para-hydroxylation sites is 1. The van der Waals surface area contributed by atoms with Crippen LogP contribution in [0.2, 0.25) is 0 Å². The van der Waals surface area contributed by atoms with Gasteiger partial charge in [-0.1, -0.05) is 58.1 Å². The van der Waals surface area contributed by atoms with Crippen molar-refractivity contribution in [3.8, 4) is 11.5 Å². The van der Waals surface area contributed by atoms with Crippen LogP contribution in [0.1, 0.15) is 5.56 Å². The van der Waals surface area contributed by atoms with E-state index >= 15 is 0 Å². The van der Waals surface area contributed by atoms with Gasteiger partial charge in [-0.3, -0.25) is 4.79 Å². The van der Waals surface area contributed by atoms with Crippen molar-refractivity contribution in [2.45, 2.75) is 0 Å². The topological polar surface area (TPSA) is 47.6 Å². The molecule has 0 atom stereocenters. The van der Waals surface area contributed by atoms with Crippen molar-refractivity contribution in [3.05, 3.63) is 63.5 Å². The Hall–Kier alpha value is -1.83. The molecule has 0 radical (unpaired) electrons. The third-order valence-corrected chi connectivity index (χ3v) is 4.91. The average molecular weight is 436 g/mol. The van der Waals surface area contributed by atoms with E-state index in [0.29, 0.717) is 28.2 Å². The maximum Gasteiger partial charge on any atom is 0.263 e. The number of rotatable bonds is 6. The van der Waals surface area contributed by atoms with Gasteiger partial charge in [0.2, 0.25) is 0 Å². The van der Waals surface area contributed by atoms with Gasteiger partial charge in [-0.15, -0.1) is 0 Å². The molecule has 2 aromatic carbocycles. The van der Waals surface area contributed by atoms with Crippen LogP contribution in [0.3, 0.4) is 0 Å². The molecule has 1 N–H and O–H groups in total. The second-order valence-corrected chi connectivity index (χ2v) is 7.68. The predicted molar refractivity (Wildman–Crippen MR) is 108 cm³/mol. The first kappa shape index (κ1) is 18.0. The summed E-state index contributed by atoms with van der Waals surface area (Å²) in [5.74, 6) is 1.30. The van der Waals surface area contributed by atoms with E-state index in [4.69, 9.17) is 21.7 Å². The zero-order valence-electron chi connectivity index (χ0n) is 13.0. The molecule has 0 aromatic heterocycles. The molecule has 0 aliphatic carbocycles. The van der Waals surface area contributed by atoms with Crippen LogP contribution < -0.4 is 14.8 Å². The number of carbonyl (C=O) groups excluding carboxylic acids is 1. The molecule has 2 aromatic rings. The highest BCUT2D eigenvalue weighted by Gasteiger charge is 2.22. The van der Waals surface area contributed by atoms with Crippen LogP contribution in [0.15, 0.2) is 57.9 Å². The molecule has 25 heavy (non-hydrogen) atoms. The van der Waals surface area contributed by atoms with E-state index in [1.807, 2.05) is 48.5 Å². The minimum Gasteiger partial charge on any atom is -0.490 e. The molecule has 1 saturated heterocycles. The molecule has 1 aliphatic heterocycles. The van der Waals surface area contributed by atoms with Crippen LogP contribution in [0.4, 0.5) is 0 Å². The van der Waals surface area contributed by atoms with Gasteiger partial charge >= 0.3 is 0 Å². The molecule has 3 rings (SSSR count). The van der Waals surface area contributed by atoms with Crippen molar-refractivity contribution in [1.29, 1.82) is 0 Å². The van der Waals surface area contributed by atoms with Crippen LogP contribution in [0.25, 0.3) is 6.08 Å². The number of nitrogens with one attached hydrogen (secondary N) is 1. The van der Waals surface area contributed by atoms with Gasteiger partial charge in [0.05, 0.1) is 4.91 Å². The first-order valence-corrected chi connectivity index (χ1v) is 9.48. The molecular formula is C18H14BrNO3S2. The zero-order chi connectivity index (χ0) is 17.6. The van der Waals surface area contributed by atoms with Crippen molar-refractivity contribution in [2.24, 2.45) is 0 Å². The number of amides is 1. The van der Waals surface area contributed by atoms with Crippen molar-refractivity contribution in [2.75, 3.05) is 13.2 Å². The molecule has 1 fully saturated rings. The maximum atomic E-state index is 11.8. The van der Waals surface area contributed by atoms with E-state index in [2.05, 4.69) is 21.2 Å². The minimum atomic E-state index is -0.187. The van der Waals surface area contributed by atoms with Crippen LogP contribution >= 0.6 is 39.9 Å². The lowest BCUT2D eigenvalue weighted by Crippen LogP contribution is -2.17. The fraction of sp³-hybridized carbons (Fsp3) is 0.111. The highest BCUT2D eigenvalue weighted by atomic mass is 79.9. The second-order valence-electron chi connectivity index (χ2n) is 5.04. The number of hydrogen-bond donors (Lipinski definition) is 1. The quantitative estimate of drug-likeness (QED) is 0.414. The van der Waals surface area contributed by atoms with Crippen LogP contribution in [-0.4, -0.2) is 23.4 Å². The molecule has 7 heteroatoms. The summed E-state index contributed by atoms with van der Waals surface area (Å²) < 4.78 is 12.8. The van der Waals surface area contributed by atoms with Gasteiger partial charge in [0.25, 0.3) is 5.91 Å². The molecule has 0 bridgehead atoms. The Morgan fingerprint density at radius 1 is 1.12 bits per heavy atom. The number of thioether (sulfide) groups is 1. The number of thiocarbonyl (C=S) groups is 1. The SMILES string of the molecule is O=C1NC(=S)SC1=Cc1cc(Br)ccc1OCCOc1ccccc1. The summed E-state index contributed by atoms with van der Waals surface area (Å²) in [6.45, 7) is 0.819. The Morgan fingerprint density at radius 3 is 2.60 bits per heavy atom. The smallest absolute Gasteiger partial charge is 0.263 e. The second kappa shape index (κ2) is 8.51. The molecule has 128 valence electrons. The lowest BCUT2D eigenvalue weighted by molar-refractivity contribution is -0.115. The summed E-state index contributed by atoms with van der Waals surface area (Å²) in [7, 11) is 0. The summed E-state index contributed by atoms with van der Waals surface area (Å²) >= 11 is 9.70. The molecule has 0 unspecified atom stereocenters. The fourth-order valence-corrected chi connectivity index (χ4v) is 3.57. The van der Waals surface area contributed by atoms with E-state index in [1.54, 1.807) is 6.08 Å². The van der Waals surface area contributed by atoms with E-state index < -0.39 is 0 Å². The van der Waals surface area contributed by atoms with Crippen LogP contribution in [0, 0.1) is 0 Å². The average Bonchev–Trinajstić information content (AvgIpc) is 2.91. The van der Waals surface area contributed by atoms with E-state index in [-0.39, 0.29) is 5.91 Å². The minimum absolute atomic E-state index is 0.187. The van der Waals surface area contributed by atoms with Gasteiger partial charge < -0.3 is 14.8 Å². The first-order valence-electron chi connectivity index (χ1n) is 7.47. The monoisotopic (exact) mass is 435 g/mol. The van der Waals surface area contributed by atoms with Gasteiger partial charge in [0, 0.05) is 10.0 Å². The van der Waals surface area contributed by atoms with Gasteiger partial charge in [-0.2, -0.15) is 0 Å². The number of halogens is 1. The summed E-state index contributed by atoms with van der Waals surface area (Å²) in [5.41, 5.74) is 0.802. The summed E-state index contributed by atoms with van der Waals surface area (Å²) in [5, 5.41) is 2.61. The first-order chi connectivity index (χ1) is 12.1. The Bertz CT molecular complexity index is 824. The maximum absolute atomic E-state index is 11.8. The normalized spacial score (nSPS) is 15.3. The van der Waals surface area contributed by atoms with E-state index in [9.17, 15) is 4.79 Å². The van der Waals surface area contributed by atoms with E-state index in [1.165, 1.54) is 11.8 Å². The predicted octanol–water partition coefficient (Wildman–Crippen LogP) is 4.40. The summed E-state index contributed by atoms with van der Waals surface area (Å²) in [4.78, 5) is 12.4. The van der Waals surface area contributed by atoms with Crippen LogP contribution in [0.5, 0.6) is 11.5 Å². The van der Waals surface area contributed by atoms with Gasteiger partial charge in [0.1, 0.15) is 29.0 Å². The highest BCUT2D eigenvalue weighted by Crippen LogP contribution is 2.31. The molecule has 1 aliphatic rings. The Kier molecular flexibility index (Phi) is 6.12. The lowest BCUT2D eigenvalue weighted by atomic mass is 10.2. The van der Waals surface area contributed by atoms with Gasteiger partial charge in [0.15, 0.2) is 0 Å². The van der Waals surface area contributed by atoms with Crippen molar-refractivity contribution in [1.82, 2.24) is 5.32 Å². The molecule has 4 nitrogen and oxygen atoms in total. The summed E-state index contributed by atoms with van der Waals surface area (Å²) in [6.07, 6.45) is 1.78. The third kappa shape index (κ3) is 5.07. The largest absolute Gasteiger partial charge is 0.490 e. The molecule has 0 spiro atoms. The Balaban J connectivity index is 1.66. The lowest BCUT2D eigenvalue weighted by Gasteiger charge is -2.11. The zero-order valence-corrected chi connectivity index (χ0v) is 16.2. The highest BCUT2D eigenvalue weighted by molar-refractivity contribution is 9.10. The Labute approximate surface area is 163 Å². The molecule has 0 saturated carbocycles. The van der Waals surface area contributed by atoms with Crippen LogP contribution in [-0.2, 0) is 4.79 Å². The standard InChI is InChI=1S/C18H14BrNO3S2/c19-13-6-7-15(23-9-8-22-14-4-2-1-3-5-14)12(10-13)11-16-17(21)20-18(24)25-16/h1-7,10-11H,8-9H2,(H,20,21,24). The van der Waals surface area contributed by atoms with Crippen molar-refractivity contribution >= 4 is 56.2 Å². The number of hydrogen-bond acceptors (Lipinski definition) is 5. The van der Waals surface area contributed by atoms with Crippen molar-refractivity contribution < 1.29 is 14.3 Å². The van der Waals surface area contributed by atoms with E-state index in [0.717, 1.165) is 15.8 Å². The van der Waals surface area contributed by atoms with Gasteiger partial charge in [-0.05, 0) is 36.4 Å². The Morgan fingerprint density at radius 2 is 1.88 bits per heavy atom. The molecular weight excluding hydrogens is 422 g/mol. The van der Waals surface area contributed by atoms with Crippen molar-refractivity contribution in [3.63, 3.8) is 0 Å². The summed E-state index contributed by atoms with van der Waals surface area (Å²) in [6, 6.07) is 15.2. The molecule has 1 heterocycles. The third-order valence-electron chi connectivity index (χ3n) is 3.25. The molecule has 1 amide bonds.